The van der Waals surface area contributed by atoms with E-state index in [9.17, 15) is 13.6 Å². The van der Waals surface area contributed by atoms with E-state index in [0.717, 1.165) is 51.0 Å². The average Bonchev–Trinajstić information content (AvgIpc) is 3.32. The van der Waals surface area contributed by atoms with Gasteiger partial charge in [-0.1, -0.05) is 77.0 Å². The van der Waals surface area contributed by atoms with Gasteiger partial charge < -0.3 is 9.53 Å². The monoisotopic (exact) mass is 438 g/mol. The molecule has 178 valence electrons. The van der Waals surface area contributed by atoms with Gasteiger partial charge in [0.25, 0.3) is 5.92 Å². The first-order valence-corrected chi connectivity index (χ1v) is 11.8. The molecule has 2 rings (SSSR count). The molecule has 0 saturated heterocycles. The molecule has 1 saturated carbocycles. The van der Waals surface area contributed by atoms with Crippen molar-refractivity contribution in [3.8, 4) is 5.75 Å². The lowest BCUT2D eigenvalue weighted by molar-refractivity contribution is -0.117. The SMILES string of the molecule is C/C=C\CCCC(C)=O.CC.CC.FC(F)(/C=C/C1CCCC1)COc1ccccc1. The molecule has 0 spiro atoms. The number of ether oxygens (including phenoxy) is 1. The molecule has 4 heteroatoms. The van der Waals surface area contributed by atoms with Crippen LogP contribution in [0.3, 0.4) is 0 Å². The number of alkyl halides is 2. The number of rotatable bonds is 9. The summed E-state index contributed by atoms with van der Waals surface area (Å²) >= 11 is 0. The highest BCUT2D eigenvalue weighted by Gasteiger charge is 2.27. The first-order valence-electron chi connectivity index (χ1n) is 11.8. The normalized spacial score (nSPS) is 13.5. The van der Waals surface area contributed by atoms with Gasteiger partial charge in [-0.15, -0.1) is 0 Å². The van der Waals surface area contributed by atoms with Gasteiger partial charge in [-0.2, -0.15) is 8.78 Å². The number of hydrogen-bond acceptors (Lipinski definition) is 2. The third-order valence-electron chi connectivity index (χ3n) is 4.32. The molecule has 0 aliphatic heterocycles. The van der Waals surface area contributed by atoms with Crippen molar-refractivity contribution < 1.29 is 18.3 Å². The lowest BCUT2D eigenvalue weighted by Gasteiger charge is -2.14. The minimum atomic E-state index is -2.89. The molecule has 0 radical (unpaired) electrons. The van der Waals surface area contributed by atoms with Crippen LogP contribution in [0.5, 0.6) is 5.75 Å². The first-order chi connectivity index (χ1) is 14.9. The Kier molecular flexibility index (Phi) is 21.4. The molecule has 0 unspecified atom stereocenters. The molecule has 0 N–H and O–H groups in total. The van der Waals surface area contributed by atoms with Crippen LogP contribution < -0.4 is 4.74 Å². The van der Waals surface area contributed by atoms with Gasteiger partial charge in [-0.05, 0) is 63.7 Å². The van der Waals surface area contributed by atoms with Gasteiger partial charge in [0.1, 0.15) is 11.5 Å². The Hall–Kier alpha value is -1.97. The van der Waals surface area contributed by atoms with Crippen molar-refractivity contribution in [1.82, 2.24) is 0 Å². The van der Waals surface area contributed by atoms with E-state index in [1.54, 1.807) is 37.3 Å². The molecule has 1 aliphatic carbocycles. The number of carbonyl (C=O) groups excluding carboxylic acids is 1. The molecule has 0 atom stereocenters. The highest BCUT2D eigenvalue weighted by Crippen LogP contribution is 2.27. The van der Waals surface area contributed by atoms with Crippen LogP contribution in [0.15, 0.2) is 54.6 Å². The molecule has 0 aromatic heterocycles. The van der Waals surface area contributed by atoms with E-state index in [-0.39, 0.29) is 0 Å². The van der Waals surface area contributed by atoms with Crippen LogP contribution in [0.25, 0.3) is 0 Å². The Morgan fingerprint density at radius 3 is 2.19 bits per heavy atom. The minimum absolute atomic E-state index is 0.291. The summed E-state index contributed by atoms with van der Waals surface area (Å²) in [5.41, 5.74) is 0. The summed E-state index contributed by atoms with van der Waals surface area (Å²) in [5, 5.41) is 0. The zero-order chi connectivity index (χ0) is 24.0. The van der Waals surface area contributed by atoms with Crippen molar-refractivity contribution in [1.29, 1.82) is 0 Å². The van der Waals surface area contributed by atoms with Gasteiger partial charge in [0.05, 0.1) is 0 Å². The lowest BCUT2D eigenvalue weighted by Crippen LogP contribution is -2.23. The summed E-state index contributed by atoms with van der Waals surface area (Å²) in [6.45, 7) is 11.0. The van der Waals surface area contributed by atoms with Crippen LogP contribution in [-0.4, -0.2) is 18.3 Å². The van der Waals surface area contributed by atoms with Gasteiger partial charge in [0, 0.05) is 6.42 Å². The smallest absolute Gasteiger partial charge is 0.299 e. The molecular weight excluding hydrogens is 394 g/mol. The molecule has 1 aromatic rings. The number of hydrogen-bond donors (Lipinski definition) is 0. The number of halogens is 2. The third kappa shape index (κ3) is 19.7. The fourth-order valence-electron chi connectivity index (χ4n) is 2.81. The van der Waals surface area contributed by atoms with Gasteiger partial charge >= 0.3 is 0 Å². The standard InChI is InChI=1S/C15H18F2O.C8H14O.2C2H6/c16-15(17,11-10-13-6-4-5-7-13)12-18-14-8-2-1-3-9-14;1-3-4-5-6-7-8(2)9;2*1-2/h1-3,8-11,13H,4-7,12H2;3-4H,5-7H2,1-2H3;2*1-2H3/b11-10+;4-3-;;. The van der Waals surface area contributed by atoms with Gasteiger partial charge in [-0.3, -0.25) is 0 Å². The van der Waals surface area contributed by atoms with Gasteiger partial charge in [-0.25, -0.2) is 0 Å². The second kappa shape index (κ2) is 21.3. The van der Waals surface area contributed by atoms with Crippen molar-refractivity contribution in [3.63, 3.8) is 0 Å². The summed E-state index contributed by atoms with van der Waals surface area (Å²) in [4.78, 5) is 10.4. The molecule has 2 nitrogen and oxygen atoms in total. The fourth-order valence-corrected chi connectivity index (χ4v) is 2.81. The van der Waals surface area contributed by atoms with E-state index in [1.807, 2.05) is 46.8 Å². The Morgan fingerprint density at radius 1 is 1.10 bits per heavy atom. The van der Waals surface area contributed by atoms with Crippen molar-refractivity contribution in [2.75, 3.05) is 6.61 Å². The quantitative estimate of drug-likeness (QED) is 0.284. The number of carbonyl (C=O) groups is 1. The molecule has 31 heavy (non-hydrogen) atoms. The van der Waals surface area contributed by atoms with Crippen molar-refractivity contribution in [2.24, 2.45) is 5.92 Å². The number of unbranched alkanes of at least 4 members (excludes halogenated alkanes) is 1. The molecular formula is C27H44F2O2. The van der Waals surface area contributed by atoms with Crippen LogP contribution in [0.2, 0.25) is 0 Å². The van der Waals surface area contributed by atoms with Crippen LogP contribution in [0.4, 0.5) is 8.78 Å². The lowest BCUT2D eigenvalue weighted by atomic mass is 10.1. The maximum atomic E-state index is 13.6. The Labute approximate surface area is 189 Å². The van der Waals surface area contributed by atoms with Crippen molar-refractivity contribution in [2.45, 2.75) is 92.4 Å². The topological polar surface area (TPSA) is 26.3 Å². The minimum Gasteiger partial charge on any atom is -0.487 e. The summed E-state index contributed by atoms with van der Waals surface area (Å²) in [5.74, 6) is -1.79. The van der Waals surface area contributed by atoms with Gasteiger partial charge in [0.2, 0.25) is 0 Å². The number of ketones is 1. The number of allylic oxidation sites excluding steroid dienone is 3. The van der Waals surface area contributed by atoms with Gasteiger partial charge in [0.15, 0.2) is 6.61 Å². The number of benzene rings is 1. The van der Waals surface area contributed by atoms with Crippen LogP contribution >= 0.6 is 0 Å². The second-order valence-corrected chi connectivity index (χ2v) is 6.93. The summed E-state index contributed by atoms with van der Waals surface area (Å²) in [6.07, 6.45) is 13.9. The summed E-state index contributed by atoms with van der Waals surface area (Å²) in [6, 6.07) is 8.71. The average molecular weight is 439 g/mol. The van der Waals surface area contributed by atoms with E-state index < -0.39 is 12.5 Å². The zero-order valence-corrected chi connectivity index (χ0v) is 20.5. The largest absolute Gasteiger partial charge is 0.487 e. The Morgan fingerprint density at radius 2 is 1.68 bits per heavy atom. The van der Waals surface area contributed by atoms with E-state index in [2.05, 4.69) is 6.08 Å². The zero-order valence-electron chi connectivity index (χ0n) is 20.5. The molecule has 1 aromatic carbocycles. The predicted molar refractivity (Wildman–Crippen MR) is 130 cm³/mol. The van der Waals surface area contributed by atoms with Crippen molar-refractivity contribution in [3.05, 3.63) is 54.6 Å². The summed E-state index contributed by atoms with van der Waals surface area (Å²) in [7, 11) is 0. The number of Topliss-reactive ketones (excluding diaryl/α,β-unsaturated/α-hetero) is 1. The van der Waals surface area contributed by atoms with Crippen LogP contribution in [0.1, 0.15) is 86.5 Å². The highest BCUT2D eigenvalue weighted by molar-refractivity contribution is 5.75. The molecule has 0 heterocycles. The van der Waals surface area contributed by atoms with E-state index in [4.69, 9.17) is 4.74 Å². The van der Waals surface area contributed by atoms with E-state index in [0.29, 0.717) is 17.5 Å². The Balaban J connectivity index is 0. The first kappa shape index (κ1) is 31.2. The highest BCUT2D eigenvalue weighted by atomic mass is 19.3. The number of para-hydroxylation sites is 1. The van der Waals surface area contributed by atoms with Crippen LogP contribution in [0, 0.1) is 5.92 Å². The molecule has 0 bridgehead atoms. The Bertz CT molecular complexity index is 574. The third-order valence-corrected chi connectivity index (χ3v) is 4.32. The fraction of sp³-hybridized carbons (Fsp3) is 0.593. The molecule has 1 fully saturated rings. The van der Waals surface area contributed by atoms with E-state index in [1.165, 1.54) is 0 Å². The maximum absolute atomic E-state index is 13.6. The predicted octanol–water partition coefficient (Wildman–Crippen LogP) is 8.82. The van der Waals surface area contributed by atoms with Crippen molar-refractivity contribution >= 4 is 5.78 Å². The van der Waals surface area contributed by atoms with E-state index >= 15 is 0 Å². The maximum Gasteiger partial charge on any atom is 0.299 e. The molecule has 0 amide bonds. The second-order valence-electron chi connectivity index (χ2n) is 6.93. The molecule has 1 aliphatic rings. The summed E-state index contributed by atoms with van der Waals surface area (Å²) < 4.78 is 32.2. The van der Waals surface area contributed by atoms with Crippen LogP contribution in [-0.2, 0) is 4.79 Å².